The number of anilines is 1. The number of amides is 1. The Balaban J connectivity index is 1.76. The largest absolute Gasteiger partial charge is 0.430 e. The summed E-state index contributed by atoms with van der Waals surface area (Å²) in [4.78, 5) is 12.3. The highest BCUT2D eigenvalue weighted by Gasteiger charge is 2.71. The van der Waals surface area contributed by atoms with E-state index in [0.29, 0.717) is 11.6 Å². The molecule has 0 aromatic heterocycles. The van der Waals surface area contributed by atoms with Crippen LogP contribution in [0.2, 0.25) is 0 Å². The summed E-state index contributed by atoms with van der Waals surface area (Å²) in [6, 6.07) is 7.61. The van der Waals surface area contributed by atoms with Crippen molar-refractivity contribution in [2.45, 2.75) is 55.1 Å². The number of nitrogens with one attached hydrogen (secondary N) is 2. The lowest BCUT2D eigenvalue weighted by molar-refractivity contribution is -0.376. The van der Waals surface area contributed by atoms with Gasteiger partial charge in [-0.25, -0.2) is 13.1 Å². The van der Waals surface area contributed by atoms with Crippen LogP contribution in [0.25, 0.3) is 0 Å². The van der Waals surface area contributed by atoms with Crippen molar-refractivity contribution in [2.24, 2.45) is 0 Å². The van der Waals surface area contributed by atoms with Gasteiger partial charge >= 0.3 is 12.4 Å². The topological polar surface area (TPSA) is 95.5 Å². The molecule has 1 fully saturated rings. The first-order valence-electron chi connectivity index (χ1n) is 9.92. The Labute approximate surface area is 191 Å². The lowest BCUT2D eigenvalue weighted by Gasteiger charge is -2.33. The second-order valence-electron chi connectivity index (χ2n) is 8.00. The van der Waals surface area contributed by atoms with Crippen molar-refractivity contribution in [1.29, 1.82) is 0 Å². The zero-order chi connectivity index (χ0) is 25.5. The van der Waals surface area contributed by atoms with Gasteiger partial charge in [0.2, 0.25) is 15.9 Å². The van der Waals surface area contributed by atoms with Crippen molar-refractivity contribution in [3.8, 4) is 0 Å². The summed E-state index contributed by atoms with van der Waals surface area (Å²) >= 11 is 0. The molecule has 0 atom stereocenters. The molecule has 1 amide bonds. The van der Waals surface area contributed by atoms with Crippen LogP contribution in [-0.4, -0.2) is 37.8 Å². The molecule has 1 saturated carbocycles. The molecule has 186 valence electrons. The number of rotatable bonds is 7. The van der Waals surface area contributed by atoms with Crippen molar-refractivity contribution in [2.75, 3.05) is 5.32 Å². The number of carbonyl (C=O) groups excluding carboxylic acids is 1. The fourth-order valence-corrected chi connectivity index (χ4v) is 4.69. The Bertz CT molecular complexity index is 1180. The molecule has 0 radical (unpaired) electrons. The van der Waals surface area contributed by atoms with Gasteiger partial charge in [-0.1, -0.05) is 18.2 Å². The number of aryl methyl sites for hydroxylation is 1. The van der Waals surface area contributed by atoms with Crippen LogP contribution in [0.3, 0.4) is 0 Å². The number of benzene rings is 2. The van der Waals surface area contributed by atoms with Gasteiger partial charge in [-0.15, -0.1) is 0 Å². The Kier molecular flexibility index (Phi) is 6.77. The number of hydrogen-bond acceptors (Lipinski definition) is 4. The smallest absolute Gasteiger partial charge is 0.369 e. The minimum atomic E-state index is -6.03. The number of aliphatic hydroxyl groups is 1. The maximum absolute atomic E-state index is 13.1. The zero-order valence-corrected chi connectivity index (χ0v) is 18.4. The molecule has 1 aliphatic rings. The van der Waals surface area contributed by atoms with Crippen molar-refractivity contribution >= 4 is 21.6 Å². The standard InChI is InChI=1S/C21H20F6N2O4S/c1-12-9-15(7-8-17(12)19(31,20(22,23)24)21(25,26)27)28-18(30)11-13-3-2-4-16(10-13)34(32,33)29-14-5-6-14/h2-4,7-10,14,29,31H,5-6,11H2,1H3,(H,28,30). The molecule has 0 aliphatic heterocycles. The maximum atomic E-state index is 13.1. The van der Waals surface area contributed by atoms with E-state index >= 15 is 0 Å². The maximum Gasteiger partial charge on any atom is 0.430 e. The number of carbonyl (C=O) groups is 1. The molecule has 0 bridgehead atoms. The molecule has 34 heavy (non-hydrogen) atoms. The fourth-order valence-electron chi connectivity index (χ4n) is 3.32. The van der Waals surface area contributed by atoms with Gasteiger partial charge in [0, 0.05) is 17.3 Å². The van der Waals surface area contributed by atoms with Gasteiger partial charge in [-0.2, -0.15) is 26.3 Å². The lowest BCUT2D eigenvalue weighted by atomic mass is 9.88. The molecule has 3 N–H and O–H groups in total. The third-order valence-corrected chi connectivity index (χ3v) is 6.71. The first-order valence-corrected chi connectivity index (χ1v) is 11.4. The number of halogens is 6. The first-order chi connectivity index (χ1) is 15.5. The van der Waals surface area contributed by atoms with E-state index in [1.165, 1.54) is 24.3 Å². The van der Waals surface area contributed by atoms with Gasteiger partial charge in [0.25, 0.3) is 5.60 Å². The SMILES string of the molecule is Cc1cc(NC(=O)Cc2cccc(S(=O)(=O)NC3CC3)c2)ccc1C(O)(C(F)(F)F)C(F)(F)F. The molecular formula is C21H20F6N2O4S. The highest BCUT2D eigenvalue weighted by atomic mass is 32.2. The predicted octanol–water partition coefficient (Wildman–Crippen LogP) is 3.93. The summed E-state index contributed by atoms with van der Waals surface area (Å²) in [5.41, 5.74) is -6.81. The normalized spacial score (nSPS) is 15.3. The average molecular weight is 510 g/mol. The molecule has 13 heteroatoms. The van der Waals surface area contributed by atoms with E-state index in [1.54, 1.807) is 0 Å². The van der Waals surface area contributed by atoms with Crippen LogP contribution in [0.5, 0.6) is 0 Å². The zero-order valence-electron chi connectivity index (χ0n) is 17.6. The van der Waals surface area contributed by atoms with Gasteiger partial charge in [-0.05, 0) is 55.2 Å². The van der Waals surface area contributed by atoms with Crippen LogP contribution in [0.4, 0.5) is 32.0 Å². The van der Waals surface area contributed by atoms with Crippen LogP contribution in [0.15, 0.2) is 47.4 Å². The molecule has 2 aromatic carbocycles. The monoisotopic (exact) mass is 510 g/mol. The molecular weight excluding hydrogens is 490 g/mol. The van der Waals surface area contributed by atoms with E-state index < -0.39 is 45.0 Å². The lowest BCUT2D eigenvalue weighted by Crippen LogP contribution is -2.54. The van der Waals surface area contributed by atoms with Gasteiger partial charge in [0.1, 0.15) is 0 Å². The summed E-state index contributed by atoms with van der Waals surface area (Å²) in [6.45, 7) is 0.939. The highest BCUT2D eigenvalue weighted by Crippen LogP contribution is 2.51. The summed E-state index contributed by atoms with van der Waals surface area (Å²) in [7, 11) is -3.75. The summed E-state index contributed by atoms with van der Waals surface area (Å²) in [6.07, 6.45) is -10.9. The van der Waals surface area contributed by atoms with Crippen molar-refractivity contribution in [1.82, 2.24) is 4.72 Å². The number of hydrogen-bond donors (Lipinski definition) is 3. The molecule has 0 spiro atoms. The van der Waals surface area contributed by atoms with E-state index in [2.05, 4.69) is 10.0 Å². The van der Waals surface area contributed by atoms with E-state index in [1.807, 2.05) is 0 Å². The van der Waals surface area contributed by atoms with Crippen LogP contribution in [0.1, 0.15) is 29.5 Å². The van der Waals surface area contributed by atoms with E-state index in [0.717, 1.165) is 31.9 Å². The van der Waals surface area contributed by atoms with Crippen LogP contribution >= 0.6 is 0 Å². The Morgan fingerprint density at radius 2 is 1.65 bits per heavy atom. The van der Waals surface area contributed by atoms with Crippen LogP contribution < -0.4 is 10.0 Å². The molecule has 1 aliphatic carbocycles. The first kappa shape index (κ1) is 26.0. The number of alkyl halides is 6. The highest BCUT2D eigenvalue weighted by molar-refractivity contribution is 7.89. The van der Waals surface area contributed by atoms with E-state index in [9.17, 15) is 44.7 Å². The van der Waals surface area contributed by atoms with Gasteiger partial charge in [0.05, 0.1) is 11.3 Å². The van der Waals surface area contributed by atoms with E-state index in [-0.39, 0.29) is 23.0 Å². The minimum Gasteiger partial charge on any atom is -0.369 e. The van der Waals surface area contributed by atoms with Crippen molar-refractivity contribution < 1.29 is 44.7 Å². The average Bonchev–Trinajstić information content (AvgIpc) is 3.49. The second-order valence-corrected chi connectivity index (χ2v) is 9.72. The summed E-state index contributed by atoms with van der Waals surface area (Å²) in [5.74, 6) is -0.682. The molecule has 3 rings (SSSR count). The van der Waals surface area contributed by atoms with Crippen molar-refractivity contribution in [3.05, 3.63) is 59.2 Å². The third-order valence-electron chi connectivity index (χ3n) is 5.19. The van der Waals surface area contributed by atoms with Gasteiger partial charge in [-0.3, -0.25) is 4.79 Å². The summed E-state index contributed by atoms with van der Waals surface area (Å²) < 4.78 is 106. The number of sulfonamides is 1. The predicted molar refractivity (Wildman–Crippen MR) is 109 cm³/mol. The Morgan fingerprint density at radius 1 is 1.03 bits per heavy atom. The quantitative estimate of drug-likeness (QED) is 0.492. The molecule has 2 aromatic rings. The molecule has 0 heterocycles. The van der Waals surface area contributed by atoms with Crippen molar-refractivity contribution in [3.63, 3.8) is 0 Å². The van der Waals surface area contributed by atoms with E-state index in [4.69, 9.17) is 0 Å². The molecule has 0 saturated heterocycles. The molecule has 0 unspecified atom stereocenters. The Morgan fingerprint density at radius 3 is 2.18 bits per heavy atom. The third kappa shape index (κ3) is 5.36. The van der Waals surface area contributed by atoms with Crippen LogP contribution in [-0.2, 0) is 26.8 Å². The minimum absolute atomic E-state index is 0.0384. The Hall–Kier alpha value is -2.64. The van der Waals surface area contributed by atoms with Gasteiger partial charge in [0.15, 0.2) is 0 Å². The van der Waals surface area contributed by atoms with Gasteiger partial charge < -0.3 is 10.4 Å². The fraction of sp³-hybridized carbons (Fsp3) is 0.381. The second kappa shape index (κ2) is 8.86. The van der Waals surface area contributed by atoms with Crippen LogP contribution in [0, 0.1) is 6.92 Å². The molecule has 6 nitrogen and oxygen atoms in total. The summed E-state index contributed by atoms with van der Waals surface area (Å²) in [5, 5.41) is 11.9.